The molecule has 0 radical (unpaired) electrons. The Morgan fingerprint density at radius 3 is 2.52 bits per heavy atom. The Hall–Kier alpha value is -1.89. The van der Waals surface area contributed by atoms with E-state index in [0.717, 1.165) is 18.4 Å². The summed E-state index contributed by atoms with van der Waals surface area (Å²) in [5, 5.41) is 3.61. The summed E-state index contributed by atoms with van der Waals surface area (Å²) in [7, 11) is -3.64. The number of hydrogen-bond donors (Lipinski definition) is 1. The molecule has 0 saturated carbocycles. The predicted molar refractivity (Wildman–Crippen MR) is 123 cm³/mol. The second kappa shape index (κ2) is 9.31. The summed E-state index contributed by atoms with van der Waals surface area (Å²) in [5.41, 5.74) is 3.92. The lowest BCUT2D eigenvalue weighted by Crippen LogP contribution is -2.45. The molecule has 7 heteroatoms. The van der Waals surface area contributed by atoms with Crippen molar-refractivity contribution < 1.29 is 13.2 Å². The number of nitrogens with zero attached hydrogens (tertiary/aromatic N) is 1. The van der Waals surface area contributed by atoms with Crippen LogP contribution in [0.15, 0.2) is 47.4 Å². The van der Waals surface area contributed by atoms with Crippen LogP contribution in [0, 0.1) is 5.92 Å². The molecular formula is C24H29ClN2O3S. The number of fused-ring (bicyclic) bond motifs is 1. The van der Waals surface area contributed by atoms with Gasteiger partial charge < -0.3 is 5.32 Å². The Kier molecular flexibility index (Phi) is 6.70. The van der Waals surface area contributed by atoms with Crippen molar-refractivity contribution in [1.82, 2.24) is 9.62 Å². The van der Waals surface area contributed by atoms with Crippen molar-refractivity contribution in [1.29, 1.82) is 0 Å². The number of halogens is 1. The first-order valence-electron chi connectivity index (χ1n) is 11.0. The fourth-order valence-corrected chi connectivity index (χ4v) is 6.22. The summed E-state index contributed by atoms with van der Waals surface area (Å²) >= 11 is 5.89. The molecule has 2 atom stereocenters. The van der Waals surface area contributed by atoms with E-state index in [1.54, 1.807) is 12.1 Å². The second-order valence-electron chi connectivity index (χ2n) is 8.62. The van der Waals surface area contributed by atoms with E-state index < -0.39 is 10.0 Å². The van der Waals surface area contributed by atoms with Crippen LogP contribution in [0.1, 0.15) is 55.3 Å². The van der Waals surface area contributed by atoms with Gasteiger partial charge in [0.15, 0.2) is 0 Å². The average Bonchev–Trinajstić information content (AvgIpc) is 2.79. The zero-order valence-electron chi connectivity index (χ0n) is 17.8. The van der Waals surface area contributed by atoms with Crippen LogP contribution in [0.2, 0.25) is 5.02 Å². The van der Waals surface area contributed by atoms with E-state index in [4.69, 9.17) is 11.6 Å². The molecule has 4 rings (SSSR count). The maximum absolute atomic E-state index is 13.0. The van der Waals surface area contributed by atoms with Gasteiger partial charge in [0.05, 0.1) is 16.9 Å². The molecule has 1 N–H and O–H groups in total. The standard InChI is InChI=1S/C24H29ClN2O3S/c1-17(19-9-8-18-5-2-3-6-20(18)15-19)26-24(28)21-7-4-14-27(16-21)31(29,30)23-12-10-22(25)11-13-23/h8-13,15,17,21H,2-7,14,16H2,1H3,(H,26,28). The molecule has 2 unspecified atom stereocenters. The van der Waals surface area contributed by atoms with Gasteiger partial charge in [0, 0.05) is 18.1 Å². The van der Waals surface area contributed by atoms with Gasteiger partial charge >= 0.3 is 0 Å². The van der Waals surface area contributed by atoms with Gasteiger partial charge in [0.1, 0.15) is 0 Å². The lowest BCUT2D eigenvalue weighted by atomic mass is 9.89. The van der Waals surface area contributed by atoms with Crippen LogP contribution in [-0.2, 0) is 27.7 Å². The number of hydrogen-bond acceptors (Lipinski definition) is 3. The number of amides is 1. The topological polar surface area (TPSA) is 66.5 Å². The molecule has 1 aliphatic heterocycles. The monoisotopic (exact) mass is 460 g/mol. The maximum atomic E-state index is 13.0. The number of rotatable bonds is 5. The summed E-state index contributed by atoms with van der Waals surface area (Å²) in [5.74, 6) is -0.433. The Labute approximate surface area is 189 Å². The van der Waals surface area contributed by atoms with E-state index in [1.807, 2.05) is 6.92 Å². The minimum atomic E-state index is -3.64. The lowest BCUT2D eigenvalue weighted by molar-refractivity contribution is -0.126. The number of sulfonamides is 1. The Morgan fingerprint density at radius 1 is 1.06 bits per heavy atom. The largest absolute Gasteiger partial charge is 0.349 e. The fraction of sp³-hybridized carbons (Fsp3) is 0.458. The molecule has 5 nitrogen and oxygen atoms in total. The molecule has 1 amide bonds. The minimum Gasteiger partial charge on any atom is -0.349 e. The Bertz CT molecular complexity index is 1050. The molecule has 0 spiro atoms. The van der Waals surface area contributed by atoms with E-state index in [-0.39, 0.29) is 29.3 Å². The summed E-state index contributed by atoms with van der Waals surface area (Å²) < 4.78 is 27.4. The van der Waals surface area contributed by atoms with Crippen LogP contribution in [-0.4, -0.2) is 31.7 Å². The van der Waals surface area contributed by atoms with Gasteiger partial charge in [-0.15, -0.1) is 0 Å². The third-order valence-electron chi connectivity index (χ3n) is 6.44. The van der Waals surface area contributed by atoms with Crippen molar-refractivity contribution in [2.75, 3.05) is 13.1 Å². The molecule has 1 aliphatic carbocycles. The third-order valence-corrected chi connectivity index (χ3v) is 8.57. The van der Waals surface area contributed by atoms with E-state index in [9.17, 15) is 13.2 Å². The highest BCUT2D eigenvalue weighted by Crippen LogP contribution is 2.27. The van der Waals surface area contributed by atoms with Crippen molar-refractivity contribution in [2.45, 2.75) is 56.4 Å². The fourth-order valence-electron chi connectivity index (χ4n) is 4.57. The maximum Gasteiger partial charge on any atom is 0.243 e. The summed E-state index contributed by atoms with van der Waals surface area (Å²) in [4.78, 5) is 13.2. The quantitative estimate of drug-likeness (QED) is 0.714. The average molecular weight is 461 g/mol. The van der Waals surface area contributed by atoms with E-state index in [0.29, 0.717) is 24.4 Å². The van der Waals surface area contributed by atoms with Crippen molar-refractivity contribution in [3.05, 3.63) is 64.2 Å². The highest BCUT2D eigenvalue weighted by molar-refractivity contribution is 7.89. The van der Waals surface area contributed by atoms with Crippen LogP contribution < -0.4 is 5.32 Å². The van der Waals surface area contributed by atoms with Crippen LogP contribution in [0.4, 0.5) is 0 Å². The number of aryl methyl sites for hydroxylation is 2. The summed E-state index contributed by atoms with van der Waals surface area (Å²) in [6, 6.07) is 12.6. The van der Waals surface area contributed by atoms with Crippen molar-refractivity contribution in [3.63, 3.8) is 0 Å². The van der Waals surface area contributed by atoms with Crippen LogP contribution >= 0.6 is 11.6 Å². The molecule has 31 heavy (non-hydrogen) atoms. The number of nitrogens with one attached hydrogen (secondary N) is 1. The molecule has 166 valence electrons. The highest BCUT2D eigenvalue weighted by atomic mass is 35.5. The Balaban J connectivity index is 1.42. The first-order valence-corrected chi connectivity index (χ1v) is 12.8. The SMILES string of the molecule is CC(NC(=O)C1CCCN(S(=O)(=O)c2ccc(Cl)cc2)C1)c1ccc2c(c1)CCCC2. The normalized spacial score (nSPS) is 20.6. The smallest absolute Gasteiger partial charge is 0.243 e. The van der Waals surface area contributed by atoms with E-state index in [1.165, 1.54) is 40.4 Å². The van der Waals surface area contributed by atoms with Gasteiger partial charge in [-0.05, 0) is 86.4 Å². The Morgan fingerprint density at radius 2 is 1.77 bits per heavy atom. The van der Waals surface area contributed by atoms with Gasteiger partial charge in [-0.1, -0.05) is 29.8 Å². The molecule has 1 saturated heterocycles. The van der Waals surface area contributed by atoms with Gasteiger partial charge in [-0.25, -0.2) is 8.42 Å². The number of carbonyl (C=O) groups excluding carboxylic acids is 1. The number of benzene rings is 2. The lowest BCUT2D eigenvalue weighted by Gasteiger charge is -2.32. The second-order valence-corrected chi connectivity index (χ2v) is 11.0. The van der Waals surface area contributed by atoms with Gasteiger partial charge in [0.25, 0.3) is 0 Å². The predicted octanol–water partition coefficient (Wildman–Crippen LogP) is 4.50. The molecule has 0 aromatic heterocycles. The van der Waals surface area contributed by atoms with Crippen molar-refractivity contribution in [3.8, 4) is 0 Å². The third kappa shape index (κ3) is 4.97. The first-order chi connectivity index (χ1) is 14.8. The van der Waals surface area contributed by atoms with Gasteiger partial charge in [0.2, 0.25) is 15.9 Å². The van der Waals surface area contributed by atoms with Crippen LogP contribution in [0.3, 0.4) is 0 Å². The van der Waals surface area contributed by atoms with Crippen molar-refractivity contribution in [2.24, 2.45) is 5.92 Å². The molecule has 2 aromatic carbocycles. The van der Waals surface area contributed by atoms with Gasteiger partial charge in [-0.3, -0.25) is 4.79 Å². The molecule has 1 heterocycles. The zero-order valence-corrected chi connectivity index (χ0v) is 19.4. The summed E-state index contributed by atoms with van der Waals surface area (Å²) in [6.45, 7) is 2.62. The van der Waals surface area contributed by atoms with Gasteiger partial charge in [-0.2, -0.15) is 4.31 Å². The van der Waals surface area contributed by atoms with Crippen molar-refractivity contribution >= 4 is 27.5 Å². The highest BCUT2D eigenvalue weighted by Gasteiger charge is 2.33. The van der Waals surface area contributed by atoms with Crippen LogP contribution in [0.5, 0.6) is 0 Å². The minimum absolute atomic E-state index is 0.0822. The van der Waals surface area contributed by atoms with E-state index >= 15 is 0 Å². The number of carbonyl (C=O) groups is 1. The zero-order chi connectivity index (χ0) is 22.0. The molecule has 1 fully saturated rings. The molecule has 0 bridgehead atoms. The van der Waals surface area contributed by atoms with Crippen LogP contribution in [0.25, 0.3) is 0 Å². The molecule has 2 aromatic rings. The molecule has 2 aliphatic rings. The van der Waals surface area contributed by atoms with E-state index in [2.05, 4.69) is 23.5 Å². The molecular weight excluding hydrogens is 432 g/mol. The first kappa shape index (κ1) is 22.3. The number of piperidine rings is 1. The summed E-state index contributed by atoms with van der Waals surface area (Å²) in [6.07, 6.45) is 6.06.